The molecule has 0 radical (unpaired) electrons. The van der Waals surface area contributed by atoms with Gasteiger partial charge in [-0.15, -0.1) is 0 Å². The molecule has 0 bridgehead atoms. The van der Waals surface area contributed by atoms with Crippen LogP contribution < -0.4 is 0 Å². The fourth-order valence-corrected chi connectivity index (χ4v) is 1.29. The summed E-state index contributed by atoms with van der Waals surface area (Å²) in [6.07, 6.45) is -6.09. The van der Waals surface area contributed by atoms with Gasteiger partial charge in [-0.2, -0.15) is 26.3 Å². The van der Waals surface area contributed by atoms with Gasteiger partial charge in [0.05, 0.1) is 0 Å². The molecule has 1 unspecified atom stereocenters. The van der Waals surface area contributed by atoms with E-state index in [4.69, 9.17) is 5.11 Å². The largest absolute Gasteiger partial charge is 0.455 e. The van der Waals surface area contributed by atoms with Crippen LogP contribution in [0, 0.1) is 0 Å². The van der Waals surface area contributed by atoms with Crippen molar-refractivity contribution >= 4 is 15.9 Å². The third-order valence-electron chi connectivity index (χ3n) is 2.00. The van der Waals surface area contributed by atoms with E-state index in [-0.39, 0.29) is 0 Å². The van der Waals surface area contributed by atoms with E-state index in [0.717, 1.165) is 12.1 Å². The Morgan fingerprint density at radius 3 is 1.65 bits per heavy atom. The van der Waals surface area contributed by atoms with E-state index >= 15 is 0 Å². The SMILES string of the molecule is OC(F)(C(F)(F)F)C(F)(F)c1ccc(Br)cc1. The molecule has 0 aliphatic heterocycles. The third kappa shape index (κ3) is 2.42. The van der Waals surface area contributed by atoms with Crippen molar-refractivity contribution in [3.8, 4) is 0 Å². The number of halogens is 7. The van der Waals surface area contributed by atoms with Crippen LogP contribution in [0.25, 0.3) is 0 Å². The van der Waals surface area contributed by atoms with Crippen LogP contribution in [-0.4, -0.2) is 17.1 Å². The Kier molecular flexibility index (Phi) is 3.50. The van der Waals surface area contributed by atoms with Crippen LogP contribution in [0.4, 0.5) is 26.3 Å². The molecule has 0 aliphatic carbocycles. The van der Waals surface area contributed by atoms with Gasteiger partial charge < -0.3 is 5.11 Å². The summed E-state index contributed by atoms with van der Waals surface area (Å²) < 4.78 is 75.5. The van der Waals surface area contributed by atoms with Gasteiger partial charge in [0.1, 0.15) is 0 Å². The highest BCUT2D eigenvalue weighted by Gasteiger charge is 2.71. The molecule has 0 aromatic heterocycles. The second kappa shape index (κ2) is 4.16. The van der Waals surface area contributed by atoms with E-state index < -0.39 is 23.5 Å². The van der Waals surface area contributed by atoms with E-state index in [1.165, 1.54) is 0 Å². The van der Waals surface area contributed by atoms with E-state index in [0.29, 0.717) is 16.6 Å². The minimum absolute atomic E-state index is 0.325. The molecule has 1 rings (SSSR count). The van der Waals surface area contributed by atoms with E-state index in [9.17, 15) is 26.3 Å². The van der Waals surface area contributed by atoms with Gasteiger partial charge in [0.15, 0.2) is 0 Å². The number of aliphatic hydroxyl groups is 1. The number of hydrogen-bond acceptors (Lipinski definition) is 1. The molecule has 1 aromatic carbocycles. The quantitative estimate of drug-likeness (QED) is 0.822. The summed E-state index contributed by atoms with van der Waals surface area (Å²) in [5, 5.41) is 8.35. The van der Waals surface area contributed by atoms with Crippen molar-refractivity contribution in [1.82, 2.24) is 0 Å². The lowest BCUT2D eigenvalue weighted by Crippen LogP contribution is -2.53. The second-order valence-electron chi connectivity index (χ2n) is 3.20. The first-order valence-corrected chi connectivity index (χ1v) is 4.91. The first-order valence-electron chi connectivity index (χ1n) is 4.12. The van der Waals surface area contributed by atoms with Crippen molar-refractivity contribution < 1.29 is 31.4 Å². The predicted octanol–water partition coefficient (Wildman–Crippen LogP) is 3.76. The number of hydrogen-bond donors (Lipinski definition) is 1. The molecule has 96 valence electrons. The third-order valence-corrected chi connectivity index (χ3v) is 2.53. The fraction of sp³-hybridized carbons (Fsp3) is 0.333. The lowest BCUT2D eigenvalue weighted by atomic mass is 10.0. The molecule has 0 spiro atoms. The highest BCUT2D eigenvalue weighted by Crippen LogP contribution is 2.48. The van der Waals surface area contributed by atoms with Crippen LogP contribution in [0.3, 0.4) is 0 Å². The standard InChI is InChI=1S/C9H5BrF6O/c10-6-3-1-5(2-4-6)7(11,12)8(13,17)9(14,15)16/h1-4,17H. The van der Waals surface area contributed by atoms with Gasteiger partial charge in [0, 0.05) is 10.0 Å². The van der Waals surface area contributed by atoms with E-state index in [1.54, 1.807) is 0 Å². The van der Waals surface area contributed by atoms with Gasteiger partial charge >= 0.3 is 18.0 Å². The van der Waals surface area contributed by atoms with Gasteiger partial charge in [-0.05, 0) is 12.1 Å². The number of alkyl halides is 6. The molecule has 1 nitrogen and oxygen atoms in total. The molecule has 1 atom stereocenters. The van der Waals surface area contributed by atoms with E-state index in [1.807, 2.05) is 0 Å². The zero-order valence-corrected chi connectivity index (χ0v) is 9.49. The fourth-order valence-electron chi connectivity index (χ4n) is 1.03. The molecule has 0 aliphatic rings. The molecule has 0 fully saturated rings. The topological polar surface area (TPSA) is 20.2 Å². The van der Waals surface area contributed by atoms with Crippen molar-refractivity contribution in [2.24, 2.45) is 0 Å². The van der Waals surface area contributed by atoms with Crippen LogP contribution >= 0.6 is 15.9 Å². The van der Waals surface area contributed by atoms with Crippen LogP contribution in [-0.2, 0) is 5.92 Å². The summed E-state index contributed by atoms with van der Waals surface area (Å²) >= 11 is 2.88. The molecule has 8 heteroatoms. The Labute approximate surface area is 100 Å². The van der Waals surface area contributed by atoms with Gasteiger partial charge in [0.25, 0.3) is 0 Å². The Morgan fingerprint density at radius 1 is 0.882 bits per heavy atom. The Bertz CT molecular complexity index is 397. The van der Waals surface area contributed by atoms with Crippen LogP contribution in [0.2, 0.25) is 0 Å². The van der Waals surface area contributed by atoms with Crippen molar-refractivity contribution in [2.45, 2.75) is 18.0 Å². The maximum atomic E-state index is 13.2. The van der Waals surface area contributed by atoms with Gasteiger partial charge in [-0.1, -0.05) is 28.1 Å². The molecule has 17 heavy (non-hydrogen) atoms. The van der Waals surface area contributed by atoms with Crippen molar-refractivity contribution in [3.05, 3.63) is 34.3 Å². The summed E-state index contributed by atoms with van der Waals surface area (Å²) in [6, 6.07) is 3.19. The summed E-state index contributed by atoms with van der Waals surface area (Å²) in [5.41, 5.74) is -1.27. The molecule has 0 heterocycles. The summed E-state index contributed by atoms with van der Waals surface area (Å²) in [7, 11) is 0. The molecular weight excluding hydrogens is 318 g/mol. The minimum atomic E-state index is -6.09. The first kappa shape index (κ1) is 14.3. The van der Waals surface area contributed by atoms with E-state index in [2.05, 4.69) is 15.9 Å². The van der Waals surface area contributed by atoms with Gasteiger partial charge in [-0.25, -0.2) is 0 Å². The zero-order valence-electron chi connectivity index (χ0n) is 7.90. The van der Waals surface area contributed by atoms with Crippen molar-refractivity contribution in [2.75, 3.05) is 0 Å². The zero-order chi connectivity index (χ0) is 13.5. The van der Waals surface area contributed by atoms with Crippen LogP contribution in [0.1, 0.15) is 5.56 Å². The monoisotopic (exact) mass is 322 g/mol. The summed E-state index contributed by atoms with van der Waals surface area (Å²) in [6.45, 7) is 0. The predicted molar refractivity (Wildman–Crippen MR) is 50.1 cm³/mol. The maximum Gasteiger partial charge on any atom is 0.455 e. The lowest BCUT2D eigenvalue weighted by molar-refractivity contribution is -0.390. The lowest BCUT2D eigenvalue weighted by Gasteiger charge is -2.30. The number of benzene rings is 1. The molecular formula is C9H5BrF6O. The summed E-state index contributed by atoms with van der Waals surface area (Å²) in [4.78, 5) is 0. The molecule has 0 saturated carbocycles. The van der Waals surface area contributed by atoms with Gasteiger partial charge in [-0.3, -0.25) is 0 Å². The Hall–Kier alpha value is -0.760. The summed E-state index contributed by atoms with van der Waals surface area (Å²) in [5.74, 6) is -10.7. The Morgan fingerprint density at radius 2 is 1.29 bits per heavy atom. The first-order chi connectivity index (χ1) is 7.50. The molecule has 0 amide bonds. The molecule has 0 saturated heterocycles. The molecule has 1 N–H and O–H groups in total. The van der Waals surface area contributed by atoms with Crippen LogP contribution in [0.15, 0.2) is 28.7 Å². The van der Waals surface area contributed by atoms with Crippen molar-refractivity contribution in [3.63, 3.8) is 0 Å². The number of rotatable bonds is 2. The maximum absolute atomic E-state index is 13.2. The smallest absolute Gasteiger partial charge is 0.350 e. The van der Waals surface area contributed by atoms with Gasteiger partial charge in [0.2, 0.25) is 0 Å². The second-order valence-corrected chi connectivity index (χ2v) is 4.12. The highest BCUT2D eigenvalue weighted by molar-refractivity contribution is 9.10. The molecule has 1 aromatic rings. The Balaban J connectivity index is 3.23. The minimum Gasteiger partial charge on any atom is -0.350 e. The average molecular weight is 323 g/mol. The highest BCUT2D eigenvalue weighted by atomic mass is 79.9. The normalized spacial score (nSPS) is 16.7. The average Bonchev–Trinajstić information content (AvgIpc) is 2.16. The van der Waals surface area contributed by atoms with Crippen LogP contribution in [0.5, 0.6) is 0 Å². The van der Waals surface area contributed by atoms with Crippen molar-refractivity contribution in [1.29, 1.82) is 0 Å².